The molecule has 0 spiro atoms. The zero-order chi connectivity index (χ0) is 6.57. The summed E-state index contributed by atoms with van der Waals surface area (Å²) in [4.78, 5) is 0. The third-order valence-corrected chi connectivity index (χ3v) is 4.12. The van der Waals surface area contributed by atoms with Crippen molar-refractivity contribution in [1.82, 2.24) is 0 Å². The van der Waals surface area contributed by atoms with E-state index in [-0.39, 0.29) is 67.4 Å². The molecule has 0 saturated carbocycles. The van der Waals surface area contributed by atoms with E-state index in [1.165, 1.54) is 12.3 Å². The van der Waals surface area contributed by atoms with Crippen molar-refractivity contribution in [3.05, 3.63) is 0 Å². The summed E-state index contributed by atoms with van der Waals surface area (Å²) in [7, 11) is 0.191. The van der Waals surface area contributed by atoms with E-state index in [0.717, 1.165) is 0 Å². The normalized spacial score (nSPS) is 8.18. The molecule has 5 heteroatoms. The largest absolute Gasteiger partial charge is 1.00 e. The molecular formula is C6H18Br2GeP2. The van der Waals surface area contributed by atoms with Gasteiger partial charge in [0, 0.05) is 44.3 Å². The quantitative estimate of drug-likeness (QED) is 0.340. The molecule has 0 aromatic carbocycles. The molecule has 0 atom stereocenters. The fraction of sp³-hybridized carbons (Fsp3) is 1.00. The van der Waals surface area contributed by atoms with Crippen molar-refractivity contribution in [2.75, 3.05) is 39.0 Å². The molecule has 0 bridgehead atoms. The summed E-state index contributed by atoms with van der Waals surface area (Å²) in [5, 5.41) is 0. The fourth-order valence-corrected chi connectivity index (χ4v) is 4.50. The van der Waals surface area contributed by atoms with E-state index >= 15 is 0 Å². The van der Waals surface area contributed by atoms with Crippen LogP contribution in [0.3, 0.4) is 0 Å². The molecule has 0 aromatic heterocycles. The summed E-state index contributed by atoms with van der Waals surface area (Å²) < 4.78 is 0. The van der Waals surface area contributed by atoms with Gasteiger partial charge in [-0.25, -0.2) is 0 Å². The van der Waals surface area contributed by atoms with E-state index < -0.39 is 0 Å². The maximum Gasteiger partial charge on any atom is 0.0899 e. The Balaban J connectivity index is -0.0000000817. The molecule has 0 fully saturated rings. The van der Waals surface area contributed by atoms with Crippen LogP contribution in [0.5, 0.6) is 0 Å². The molecule has 0 aromatic rings. The zero-order valence-corrected chi connectivity index (χ0v) is 14.9. The van der Waals surface area contributed by atoms with Gasteiger partial charge >= 0.3 is 0 Å². The molecule has 11 heavy (non-hydrogen) atoms. The van der Waals surface area contributed by atoms with E-state index in [4.69, 9.17) is 0 Å². The van der Waals surface area contributed by atoms with Crippen molar-refractivity contribution in [1.29, 1.82) is 0 Å². The first kappa shape index (κ1) is 23.3. The zero-order valence-electron chi connectivity index (χ0n) is 7.67. The van der Waals surface area contributed by atoms with Crippen molar-refractivity contribution < 1.29 is 34.0 Å². The van der Waals surface area contributed by atoms with Gasteiger partial charge in [-0.15, -0.1) is 0 Å². The summed E-state index contributed by atoms with van der Waals surface area (Å²) in [5.74, 6) is 0. The molecular weight excluding hydrogens is 366 g/mol. The molecule has 0 aliphatic heterocycles. The average Bonchev–Trinajstić information content (AvgIpc) is 1.61. The molecule has 0 aliphatic rings. The average molecular weight is 385 g/mol. The topological polar surface area (TPSA) is 0 Å². The summed E-state index contributed by atoms with van der Waals surface area (Å²) >= 11 is 0. The summed E-state index contributed by atoms with van der Waals surface area (Å²) in [6.07, 6.45) is 3.07. The Morgan fingerprint density at radius 2 is 0.909 bits per heavy atom. The van der Waals surface area contributed by atoms with Crippen LogP contribution in [0.1, 0.15) is 0 Å². The van der Waals surface area contributed by atoms with Gasteiger partial charge in [0.1, 0.15) is 0 Å². The minimum atomic E-state index is 0. The third kappa shape index (κ3) is 24.5. The van der Waals surface area contributed by atoms with Gasteiger partial charge in [0.2, 0.25) is 0 Å². The molecule has 0 rings (SSSR count). The molecule has 0 aliphatic carbocycles. The maximum atomic E-state index is 2.40. The van der Waals surface area contributed by atoms with Gasteiger partial charge in [0.05, 0.1) is 12.3 Å². The molecule has 0 amide bonds. The van der Waals surface area contributed by atoms with Gasteiger partial charge in [-0.3, -0.25) is 0 Å². The number of halogens is 2. The Labute approximate surface area is 106 Å². The molecule has 0 heterocycles. The Kier molecular flexibility index (Phi) is 31.5. The van der Waals surface area contributed by atoms with Crippen molar-refractivity contribution in [2.24, 2.45) is 0 Å². The van der Waals surface area contributed by atoms with Gasteiger partial charge in [-0.05, 0) is 15.8 Å². The second-order valence-electron chi connectivity index (χ2n) is 2.91. The number of hydrogen-bond donors (Lipinski definition) is 0. The van der Waals surface area contributed by atoms with Crippen molar-refractivity contribution in [3.8, 4) is 0 Å². The SMILES string of the molecule is C[PH+](C)CC[PH+](C)C.[Br-].[Br-].[Ge]. The Hall–Kier alpha value is 2.36. The van der Waals surface area contributed by atoms with Crippen molar-refractivity contribution in [3.63, 3.8) is 0 Å². The van der Waals surface area contributed by atoms with E-state index in [1.807, 2.05) is 0 Å². The van der Waals surface area contributed by atoms with Crippen LogP contribution in [0, 0.1) is 0 Å². The molecule has 70 valence electrons. The fourth-order valence-electron chi connectivity index (χ4n) is 0.500. The van der Waals surface area contributed by atoms with Crippen LogP contribution in [-0.2, 0) is 0 Å². The molecule has 0 nitrogen and oxygen atoms in total. The Morgan fingerprint density at radius 1 is 0.727 bits per heavy atom. The Morgan fingerprint density at radius 3 is 1.00 bits per heavy atom. The van der Waals surface area contributed by atoms with E-state index in [0.29, 0.717) is 0 Å². The van der Waals surface area contributed by atoms with Crippen LogP contribution in [0.4, 0.5) is 0 Å². The maximum absolute atomic E-state index is 2.40. The number of rotatable bonds is 3. The predicted octanol–water partition coefficient (Wildman–Crippen LogP) is -4.44. The van der Waals surface area contributed by atoms with Gasteiger partial charge in [0.15, 0.2) is 0 Å². The first-order valence-corrected chi connectivity index (χ1v) is 8.62. The van der Waals surface area contributed by atoms with Gasteiger partial charge in [-0.2, -0.15) is 0 Å². The molecule has 0 unspecified atom stereocenters. The van der Waals surface area contributed by atoms with E-state index in [1.54, 1.807) is 0 Å². The van der Waals surface area contributed by atoms with Crippen LogP contribution in [-0.4, -0.2) is 56.6 Å². The van der Waals surface area contributed by atoms with E-state index in [2.05, 4.69) is 26.7 Å². The van der Waals surface area contributed by atoms with Crippen molar-refractivity contribution in [2.45, 2.75) is 0 Å². The summed E-state index contributed by atoms with van der Waals surface area (Å²) in [5.41, 5.74) is 0. The first-order chi connectivity index (χ1) is 3.63. The second-order valence-corrected chi connectivity index (χ2v) is 8.74. The van der Waals surface area contributed by atoms with Gasteiger partial charge in [-0.1, -0.05) is 0 Å². The summed E-state index contributed by atoms with van der Waals surface area (Å²) in [6.45, 7) is 9.59. The summed E-state index contributed by atoms with van der Waals surface area (Å²) in [6, 6.07) is 0. The van der Waals surface area contributed by atoms with Crippen LogP contribution >= 0.6 is 15.8 Å². The monoisotopic (exact) mass is 384 g/mol. The molecule has 4 radical (unpaired) electrons. The van der Waals surface area contributed by atoms with E-state index in [9.17, 15) is 0 Å². The standard InChI is InChI=1S/C6H16P2.2BrH.Ge/c1-7(2)5-6-8(3)4;;;/h5-6H2,1-4H3;2*1H;. The Bertz CT molecular complexity index is 54.5. The van der Waals surface area contributed by atoms with Crippen molar-refractivity contribution >= 4 is 33.4 Å². The third-order valence-electron chi connectivity index (χ3n) is 1.12. The first-order valence-electron chi connectivity index (χ1n) is 3.21. The van der Waals surface area contributed by atoms with Crippen LogP contribution in [0.2, 0.25) is 0 Å². The van der Waals surface area contributed by atoms with Gasteiger partial charge in [0.25, 0.3) is 0 Å². The smallest absolute Gasteiger partial charge is 0.0899 e. The second kappa shape index (κ2) is 14.9. The van der Waals surface area contributed by atoms with Crippen LogP contribution < -0.4 is 34.0 Å². The minimum Gasteiger partial charge on any atom is -1.00 e. The van der Waals surface area contributed by atoms with Gasteiger partial charge < -0.3 is 34.0 Å². The minimum absolute atomic E-state index is 0. The molecule has 0 saturated heterocycles. The van der Waals surface area contributed by atoms with Crippen LogP contribution in [0.25, 0.3) is 0 Å². The molecule has 0 N–H and O–H groups in total. The predicted molar refractivity (Wildman–Crippen MR) is 55.8 cm³/mol. The van der Waals surface area contributed by atoms with Crippen LogP contribution in [0.15, 0.2) is 0 Å². The number of hydrogen-bond acceptors (Lipinski definition) is 0.